The molecule has 132 valence electrons. The Morgan fingerprint density at radius 2 is 1.83 bits per heavy atom. The van der Waals surface area contributed by atoms with Crippen LogP contribution in [-0.4, -0.2) is 58.6 Å². The fraction of sp³-hybridized carbons (Fsp3) is 0.650. The number of rotatable bonds is 5. The van der Waals surface area contributed by atoms with Gasteiger partial charge in [-0.05, 0) is 76.7 Å². The van der Waals surface area contributed by atoms with Crippen LogP contribution in [0.15, 0.2) is 24.3 Å². The van der Waals surface area contributed by atoms with Crippen LogP contribution in [0.1, 0.15) is 55.5 Å². The summed E-state index contributed by atoms with van der Waals surface area (Å²) >= 11 is 0. The minimum absolute atomic E-state index is 0.158. The second-order valence-electron chi connectivity index (χ2n) is 7.95. The number of benzene rings is 1. The van der Waals surface area contributed by atoms with Gasteiger partial charge < -0.3 is 10.0 Å². The van der Waals surface area contributed by atoms with E-state index < -0.39 is 5.60 Å². The molecule has 1 atom stereocenters. The van der Waals surface area contributed by atoms with Crippen LogP contribution in [0.25, 0.3) is 0 Å². The van der Waals surface area contributed by atoms with E-state index in [-0.39, 0.29) is 5.91 Å². The maximum Gasteiger partial charge on any atom is 0.253 e. The molecule has 0 aromatic heterocycles. The smallest absolute Gasteiger partial charge is 0.253 e. The Balaban J connectivity index is 1.55. The van der Waals surface area contributed by atoms with Crippen LogP contribution in [0.5, 0.6) is 0 Å². The van der Waals surface area contributed by atoms with Crippen LogP contribution in [0.4, 0.5) is 0 Å². The van der Waals surface area contributed by atoms with Gasteiger partial charge in [0.05, 0.1) is 5.60 Å². The second-order valence-corrected chi connectivity index (χ2v) is 7.95. The van der Waals surface area contributed by atoms with Crippen molar-refractivity contribution >= 4 is 5.91 Å². The predicted molar refractivity (Wildman–Crippen MR) is 96.2 cm³/mol. The van der Waals surface area contributed by atoms with E-state index in [0.29, 0.717) is 6.04 Å². The molecule has 0 saturated carbocycles. The Kier molecular flexibility index (Phi) is 5.26. The van der Waals surface area contributed by atoms with E-state index in [9.17, 15) is 9.90 Å². The van der Waals surface area contributed by atoms with Gasteiger partial charge in [0, 0.05) is 24.7 Å². The lowest BCUT2D eigenvalue weighted by Gasteiger charge is -2.23. The van der Waals surface area contributed by atoms with Crippen molar-refractivity contribution in [3.05, 3.63) is 35.4 Å². The van der Waals surface area contributed by atoms with E-state index in [1.807, 2.05) is 43.0 Å². The molecule has 0 unspecified atom stereocenters. The molecule has 1 aromatic carbocycles. The molecule has 0 radical (unpaired) electrons. The van der Waals surface area contributed by atoms with Crippen molar-refractivity contribution in [2.24, 2.45) is 0 Å². The number of carbonyl (C=O) groups excluding carboxylic acids is 1. The van der Waals surface area contributed by atoms with Gasteiger partial charge in [0.2, 0.25) is 0 Å². The minimum Gasteiger partial charge on any atom is -0.390 e. The molecule has 2 fully saturated rings. The Hall–Kier alpha value is -1.39. The second kappa shape index (κ2) is 7.24. The molecule has 1 amide bonds. The zero-order valence-electron chi connectivity index (χ0n) is 15.0. The van der Waals surface area contributed by atoms with Crippen molar-refractivity contribution in [2.75, 3.05) is 26.2 Å². The standard InChI is InChI=1S/C20H30N2O2/c1-20(2,24)11-9-16-5-7-17(8-6-16)19(23)22-14-10-18(15-22)21-12-3-4-13-21/h5-8,18,24H,3-4,9-15H2,1-2H3/t18-/m0/s1. The first-order valence-corrected chi connectivity index (χ1v) is 9.27. The van der Waals surface area contributed by atoms with Gasteiger partial charge in [-0.15, -0.1) is 0 Å². The maximum absolute atomic E-state index is 12.7. The van der Waals surface area contributed by atoms with Gasteiger partial charge in [-0.2, -0.15) is 0 Å². The molecule has 1 N–H and O–H groups in total. The fourth-order valence-electron chi connectivity index (χ4n) is 3.78. The Labute approximate surface area is 145 Å². The van der Waals surface area contributed by atoms with E-state index in [1.165, 1.54) is 31.5 Å². The zero-order chi connectivity index (χ0) is 17.2. The highest BCUT2D eigenvalue weighted by atomic mass is 16.3. The maximum atomic E-state index is 12.7. The Morgan fingerprint density at radius 3 is 2.46 bits per heavy atom. The van der Waals surface area contributed by atoms with Crippen LogP contribution in [0.2, 0.25) is 0 Å². The summed E-state index contributed by atoms with van der Waals surface area (Å²) in [7, 11) is 0. The van der Waals surface area contributed by atoms with Crippen molar-refractivity contribution < 1.29 is 9.90 Å². The van der Waals surface area contributed by atoms with Crippen LogP contribution in [-0.2, 0) is 6.42 Å². The van der Waals surface area contributed by atoms with Crippen molar-refractivity contribution in [1.29, 1.82) is 0 Å². The van der Waals surface area contributed by atoms with E-state index in [1.54, 1.807) is 0 Å². The molecule has 3 rings (SSSR count). The lowest BCUT2D eigenvalue weighted by Crippen LogP contribution is -2.37. The fourth-order valence-corrected chi connectivity index (χ4v) is 3.78. The van der Waals surface area contributed by atoms with Gasteiger partial charge in [0.15, 0.2) is 0 Å². The predicted octanol–water partition coefficient (Wildman–Crippen LogP) is 2.70. The Morgan fingerprint density at radius 1 is 1.17 bits per heavy atom. The number of aliphatic hydroxyl groups is 1. The van der Waals surface area contributed by atoms with Gasteiger partial charge in [-0.25, -0.2) is 0 Å². The summed E-state index contributed by atoms with van der Waals surface area (Å²) in [6.07, 6.45) is 5.27. The van der Waals surface area contributed by atoms with Gasteiger partial charge in [-0.1, -0.05) is 12.1 Å². The van der Waals surface area contributed by atoms with Gasteiger partial charge in [-0.3, -0.25) is 9.69 Å². The van der Waals surface area contributed by atoms with Crippen LogP contribution >= 0.6 is 0 Å². The molecule has 0 aliphatic carbocycles. The first-order chi connectivity index (χ1) is 11.4. The summed E-state index contributed by atoms with van der Waals surface area (Å²) in [4.78, 5) is 17.3. The first-order valence-electron chi connectivity index (χ1n) is 9.27. The highest BCUT2D eigenvalue weighted by molar-refractivity contribution is 5.94. The lowest BCUT2D eigenvalue weighted by atomic mass is 9.98. The molecule has 4 nitrogen and oxygen atoms in total. The van der Waals surface area contributed by atoms with Gasteiger partial charge >= 0.3 is 0 Å². The van der Waals surface area contributed by atoms with E-state index >= 15 is 0 Å². The summed E-state index contributed by atoms with van der Waals surface area (Å²) in [6, 6.07) is 8.47. The molecule has 2 aliphatic rings. The summed E-state index contributed by atoms with van der Waals surface area (Å²) in [5.41, 5.74) is 1.31. The zero-order valence-corrected chi connectivity index (χ0v) is 15.0. The van der Waals surface area contributed by atoms with Crippen molar-refractivity contribution in [3.63, 3.8) is 0 Å². The lowest BCUT2D eigenvalue weighted by molar-refractivity contribution is 0.0712. The van der Waals surface area contributed by atoms with Crippen LogP contribution < -0.4 is 0 Å². The third kappa shape index (κ3) is 4.37. The first kappa shape index (κ1) is 17.4. The average Bonchev–Trinajstić information content (AvgIpc) is 3.23. The van der Waals surface area contributed by atoms with Gasteiger partial charge in [0.25, 0.3) is 5.91 Å². The Bertz CT molecular complexity index is 556. The monoisotopic (exact) mass is 330 g/mol. The summed E-state index contributed by atoms with van der Waals surface area (Å²) in [6.45, 7) is 7.80. The number of amides is 1. The minimum atomic E-state index is -0.644. The topological polar surface area (TPSA) is 43.8 Å². The molecule has 24 heavy (non-hydrogen) atoms. The average molecular weight is 330 g/mol. The third-order valence-electron chi connectivity index (χ3n) is 5.33. The molecule has 4 heteroatoms. The SMILES string of the molecule is CC(C)(O)CCc1ccc(C(=O)N2CC[C@H](N3CCCC3)C2)cc1. The van der Waals surface area contributed by atoms with E-state index in [4.69, 9.17) is 0 Å². The quantitative estimate of drug-likeness (QED) is 0.903. The number of carbonyl (C=O) groups is 1. The number of hydrogen-bond donors (Lipinski definition) is 1. The van der Waals surface area contributed by atoms with Crippen LogP contribution in [0, 0.1) is 0 Å². The summed E-state index contributed by atoms with van der Waals surface area (Å²) in [5.74, 6) is 0.158. The molecule has 0 spiro atoms. The highest BCUT2D eigenvalue weighted by Crippen LogP contribution is 2.22. The highest BCUT2D eigenvalue weighted by Gasteiger charge is 2.31. The number of likely N-dealkylation sites (tertiary alicyclic amines) is 2. The number of hydrogen-bond acceptors (Lipinski definition) is 3. The number of aryl methyl sites for hydroxylation is 1. The van der Waals surface area contributed by atoms with E-state index in [2.05, 4.69) is 4.90 Å². The van der Waals surface area contributed by atoms with Crippen molar-refractivity contribution in [3.8, 4) is 0 Å². The number of nitrogens with zero attached hydrogens (tertiary/aromatic N) is 2. The van der Waals surface area contributed by atoms with Gasteiger partial charge in [0.1, 0.15) is 0 Å². The molecule has 2 heterocycles. The molecular formula is C20H30N2O2. The van der Waals surface area contributed by atoms with Crippen LogP contribution in [0.3, 0.4) is 0 Å². The third-order valence-corrected chi connectivity index (χ3v) is 5.33. The molecule has 2 saturated heterocycles. The molecule has 0 bridgehead atoms. The van der Waals surface area contributed by atoms with E-state index in [0.717, 1.165) is 37.9 Å². The summed E-state index contributed by atoms with van der Waals surface area (Å²) < 4.78 is 0. The molecular weight excluding hydrogens is 300 g/mol. The largest absolute Gasteiger partial charge is 0.390 e. The van der Waals surface area contributed by atoms with Crippen molar-refractivity contribution in [2.45, 2.75) is 57.6 Å². The van der Waals surface area contributed by atoms with Crippen molar-refractivity contribution in [1.82, 2.24) is 9.80 Å². The molecule has 1 aromatic rings. The summed E-state index contributed by atoms with van der Waals surface area (Å²) in [5, 5.41) is 9.82. The molecule has 2 aliphatic heterocycles. The normalized spacial score (nSPS) is 22.3.